The van der Waals surface area contributed by atoms with E-state index in [1.165, 1.54) is 33.5 Å². The molecule has 16 heavy (non-hydrogen) atoms. The third kappa shape index (κ3) is 3.08. The maximum atomic E-state index is 13.0. The van der Waals surface area contributed by atoms with E-state index >= 15 is 0 Å². The quantitative estimate of drug-likeness (QED) is 0.745. The molecule has 0 bridgehead atoms. The van der Waals surface area contributed by atoms with Gasteiger partial charge in [0.15, 0.2) is 0 Å². The van der Waals surface area contributed by atoms with Gasteiger partial charge in [-0.2, -0.15) is 0 Å². The summed E-state index contributed by atoms with van der Waals surface area (Å²) >= 11 is 0. The highest BCUT2D eigenvalue weighted by Crippen LogP contribution is 2.16. The number of hydrogen-bond acceptors (Lipinski definition) is 3. The second-order valence-corrected chi connectivity index (χ2v) is 6.19. The van der Waals surface area contributed by atoms with E-state index in [0.29, 0.717) is 5.56 Å². The number of hydrogen-bond donors (Lipinski definition) is 0. The van der Waals surface area contributed by atoms with Crippen molar-refractivity contribution in [3.8, 4) is 0 Å². The first-order valence-corrected chi connectivity index (χ1v) is 6.59. The summed E-state index contributed by atoms with van der Waals surface area (Å²) < 4.78 is 41.4. The Balaban J connectivity index is 2.93. The molecule has 0 N–H and O–H groups in total. The molecular weight excluding hydrogens is 234 g/mol. The fraction of sp³-hybridized carbons (Fsp3) is 0.400. The molecule has 0 aromatic heterocycles. The molecule has 0 unspecified atom stereocenters. The van der Waals surface area contributed by atoms with Gasteiger partial charge in [0.25, 0.3) is 0 Å². The molecule has 0 saturated heterocycles. The molecule has 1 aromatic rings. The van der Waals surface area contributed by atoms with Crippen LogP contribution in [0.15, 0.2) is 18.2 Å². The molecule has 0 atom stereocenters. The summed E-state index contributed by atoms with van der Waals surface area (Å²) in [7, 11) is 1.52. The maximum absolute atomic E-state index is 13.0. The minimum atomic E-state index is -2.84. The van der Waals surface area contributed by atoms with Crippen LogP contribution in [-0.2, 0) is 19.3 Å². The maximum Gasteiger partial charge on any atom is 0.504 e. The topological polar surface area (TPSA) is 27.7 Å². The van der Waals surface area contributed by atoms with Crippen LogP contribution in [0.1, 0.15) is 5.56 Å². The van der Waals surface area contributed by atoms with E-state index < -0.39 is 20.4 Å². The van der Waals surface area contributed by atoms with Crippen LogP contribution in [0, 0.1) is 11.6 Å². The summed E-state index contributed by atoms with van der Waals surface area (Å²) in [5.41, 5.74) is 0.453. The molecule has 90 valence electrons. The first-order valence-electron chi connectivity index (χ1n) is 4.65. The normalized spacial score (nSPS) is 11.8. The molecule has 1 rings (SSSR count). The second-order valence-electron chi connectivity index (χ2n) is 3.25. The molecule has 3 nitrogen and oxygen atoms in total. The van der Waals surface area contributed by atoms with Gasteiger partial charge in [-0.15, -0.1) is 0 Å². The Hall–Kier alpha value is -0.823. The molecule has 0 fully saturated rings. The van der Waals surface area contributed by atoms with Crippen molar-refractivity contribution in [3.63, 3.8) is 0 Å². The van der Waals surface area contributed by atoms with Crippen molar-refractivity contribution in [2.45, 2.75) is 6.04 Å². The van der Waals surface area contributed by atoms with E-state index in [1.54, 1.807) is 0 Å². The van der Waals surface area contributed by atoms with Crippen LogP contribution in [0.2, 0.25) is 0 Å². The van der Waals surface area contributed by atoms with Gasteiger partial charge in [-0.05, 0) is 17.7 Å². The van der Waals surface area contributed by atoms with Gasteiger partial charge in [-0.3, -0.25) is 0 Å². The fourth-order valence-electron chi connectivity index (χ4n) is 1.43. The van der Waals surface area contributed by atoms with Gasteiger partial charge in [0, 0.05) is 33.4 Å². The smallest absolute Gasteiger partial charge is 0.377 e. The van der Waals surface area contributed by atoms with Crippen molar-refractivity contribution >= 4 is 8.80 Å². The summed E-state index contributed by atoms with van der Waals surface area (Å²) in [5.74, 6) is -1.25. The Morgan fingerprint density at radius 2 is 1.38 bits per heavy atom. The van der Waals surface area contributed by atoms with Crippen molar-refractivity contribution in [1.82, 2.24) is 0 Å². The van der Waals surface area contributed by atoms with Crippen molar-refractivity contribution in [2.24, 2.45) is 0 Å². The van der Waals surface area contributed by atoms with Crippen molar-refractivity contribution in [2.75, 3.05) is 21.3 Å². The molecular formula is C10H14F2O3Si. The monoisotopic (exact) mass is 248 g/mol. The molecule has 6 heteroatoms. The van der Waals surface area contributed by atoms with E-state index in [-0.39, 0.29) is 6.04 Å². The van der Waals surface area contributed by atoms with Crippen molar-refractivity contribution in [1.29, 1.82) is 0 Å². The molecule has 0 heterocycles. The third-order valence-corrected chi connectivity index (χ3v) is 4.98. The van der Waals surface area contributed by atoms with Gasteiger partial charge in [-0.1, -0.05) is 0 Å². The Morgan fingerprint density at radius 3 is 1.75 bits per heavy atom. The third-order valence-electron chi connectivity index (χ3n) is 2.28. The summed E-state index contributed by atoms with van der Waals surface area (Å²) in [5, 5.41) is 0. The lowest BCUT2D eigenvalue weighted by molar-refractivity contribution is 0.122. The first kappa shape index (κ1) is 13.2. The average Bonchev–Trinajstić information content (AvgIpc) is 2.25. The van der Waals surface area contributed by atoms with Gasteiger partial charge < -0.3 is 13.3 Å². The van der Waals surface area contributed by atoms with E-state index in [2.05, 4.69) is 0 Å². The molecule has 0 amide bonds. The lowest BCUT2D eigenvalue weighted by Crippen LogP contribution is -2.45. The lowest BCUT2D eigenvalue weighted by Gasteiger charge is -2.24. The molecule has 0 spiro atoms. The molecule has 0 aliphatic rings. The summed E-state index contributed by atoms with van der Waals surface area (Å²) in [6.07, 6.45) is 0. The van der Waals surface area contributed by atoms with Crippen LogP contribution in [0.3, 0.4) is 0 Å². The van der Waals surface area contributed by atoms with E-state index in [1.807, 2.05) is 0 Å². The SMILES string of the molecule is CO[Si](Cc1cc(F)cc(F)c1)(OC)OC. The van der Waals surface area contributed by atoms with Crippen LogP contribution >= 0.6 is 0 Å². The van der Waals surface area contributed by atoms with Gasteiger partial charge >= 0.3 is 8.80 Å². The lowest BCUT2D eigenvalue weighted by atomic mass is 10.2. The van der Waals surface area contributed by atoms with Crippen LogP contribution in [0.4, 0.5) is 8.78 Å². The predicted molar refractivity (Wildman–Crippen MR) is 56.8 cm³/mol. The molecule has 0 aliphatic heterocycles. The van der Waals surface area contributed by atoms with Gasteiger partial charge in [0.05, 0.1) is 0 Å². The minimum Gasteiger partial charge on any atom is -0.377 e. The Labute approximate surface area is 94.3 Å². The zero-order chi connectivity index (χ0) is 12.2. The number of rotatable bonds is 5. The van der Waals surface area contributed by atoms with Crippen LogP contribution in [-0.4, -0.2) is 30.1 Å². The van der Waals surface area contributed by atoms with Gasteiger partial charge in [-0.25, -0.2) is 8.78 Å². The second kappa shape index (κ2) is 5.49. The first-order chi connectivity index (χ1) is 7.55. The molecule has 1 aromatic carbocycles. The van der Waals surface area contributed by atoms with Crippen molar-refractivity contribution in [3.05, 3.63) is 35.4 Å². The standard InChI is InChI=1S/C10H14F2O3Si/c1-13-16(14-2,15-3)7-8-4-9(11)6-10(12)5-8/h4-6H,7H2,1-3H3. The fourth-order valence-corrected chi connectivity index (χ4v) is 3.07. The highest BCUT2D eigenvalue weighted by Gasteiger charge is 2.38. The van der Waals surface area contributed by atoms with Gasteiger partial charge in [0.2, 0.25) is 0 Å². The summed E-state index contributed by atoms with van der Waals surface area (Å²) in [4.78, 5) is 0. The largest absolute Gasteiger partial charge is 0.504 e. The Morgan fingerprint density at radius 1 is 0.938 bits per heavy atom. The van der Waals surface area contributed by atoms with Crippen molar-refractivity contribution < 1.29 is 22.1 Å². The number of halogens is 2. The average molecular weight is 248 g/mol. The molecule has 0 saturated carbocycles. The highest BCUT2D eigenvalue weighted by molar-refractivity contribution is 6.60. The van der Waals surface area contributed by atoms with E-state index in [4.69, 9.17) is 13.3 Å². The number of benzene rings is 1. The van der Waals surface area contributed by atoms with E-state index in [0.717, 1.165) is 6.07 Å². The summed E-state index contributed by atoms with van der Waals surface area (Å²) in [6.45, 7) is 0. The Bertz CT molecular complexity index is 327. The molecule has 0 radical (unpaired) electrons. The van der Waals surface area contributed by atoms with Crippen LogP contribution in [0.25, 0.3) is 0 Å². The Kier molecular flexibility index (Phi) is 4.54. The highest BCUT2D eigenvalue weighted by atomic mass is 28.4. The molecule has 0 aliphatic carbocycles. The van der Waals surface area contributed by atoms with Gasteiger partial charge in [0.1, 0.15) is 11.6 Å². The van der Waals surface area contributed by atoms with Crippen LogP contribution < -0.4 is 0 Å². The minimum absolute atomic E-state index is 0.227. The van der Waals surface area contributed by atoms with Crippen LogP contribution in [0.5, 0.6) is 0 Å². The van der Waals surface area contributed by atoms with E-state index in [9.17, 15) is 8.78 Å². The zero-order valence-electron chi connectivity index (χ0n) is 9.42. The summed E-state index contributed by atoms with van der Waals surface area (Å²) in [6, 6.07) is 3.52. The predicted octanol–water partition coefficient (Wildman–Crippen LogP) is 1.92. The zero-order valence-corrected chi connectivity index (χ0v) is 10.4.